The molecule has 0 saturated heterocycles. The first kappa shape index (κ1) is 17.0. The second-order valence-corrected chi connectivity index (χ2v) is 6.97. The summed E-state index contributed by atoms with van der Waals surface area (Å²) >= 11 is 6.80. The lowest BCUT2D eigenvalue weighted by atomic mass is 10.2. The minimum atomic E-state index is -0.204. The molecule has 1 aliphatic rings. The number of anilines is 1. The van der Waals surface area contributed by atoms with Gasteiger partial charge in [-0.05, 0) is 57.9 Å². The molecule has 124 valence electrons. The van der Waals surface area contributed by atoms with Crippen molar-refractivity contribution in [1.29, 1.82) is 0 Å². The summed E-state index contributed by atoms with van der Waals surface area (Å²) in [6.45, 7) is 1.30. The van der Waals surface area contributed by atoms with Crippen molar-refractivity contribution in [2.24, 2.45) is 0 Å². The van der Waals surface area contributed by atoms with E-state index in [1.165, 1.54) is 6.08 Å². The summed E-state index contributed by atoms with van der Waals surface area (Å²) in [5.74, 6) is 1.25. The maximum atomic E-state index is 12.1. The molecule has 0 bridgehead atoms. The minimum absolute atomic E-state index is 0.204. The van der Waals surface area contributed by atoms with Crippen molar-refractivity contribution >= 4 is 49.5 Å². The van der Waals surface area contributed by atoms with E-state index in [2.05, 4.69) is 37.2 Å². The fourth-order valence-electron chi connectivity index (χ4n) is 2.22. The van der Waals surface area contributed by atoms with Gasteiger partial charge in [0.2, 0.25) is 5.91 Å². The van der Waals surface area contributed by atoms with Crippen molar-refractivity contribution in [3.05, 3.63) is 57.0 Å². The molecular formula is C18H15Br2NO3. The molecule has 0 radical (unpaired) electrons. The lowest BCUT2D eigenvalue weighted by Gasteiger charge is -2.07. The van der Waals surface area contributed by atoms with Gasteiger partial charge in [0.05, 0.1) is 18.9 Å². The van der Waals surface area contributed by atoms with Gasteiger partial charge >= 0.3 is 0 Å². The molecule has 24 heavy (non-hydrogen) atoms. The predicted octanol–water partition coefficient (Wildman–Crippen LogP) is 5.02. The minimum Gasteiger partial charge on any atom is -0.490 e. The second-order valence-electron chi connectivity index (χ2n) is 5.20. The van der Waals surface area contributed by atoms with E-state index in [0.717, 1.165) is 26.7 Å². The van der Waals surface area contributed by atoms with Crippen LogP contribution >= 0.6 is 31.9 Å². The van der Waals surface area contributed by atoms with Crippen LogP contribution in [-0.2, 0) is 4.79 Å². The number of halogens is 2. The molecule has 6 heteroatoms. The van der Waals surface area contributed by atoms with E-state index in [-0.39, 0.29) is 5.91 Å². The molecule has 1 amide bonds. The van der Waals surface area contributed by atoms with Gasteiger partial charge in [-0.2, -0.15) is 0 Å². The van der Waals surface area contributed by atoms with Gasteiger partial charge in [0, 0.05) is 21.4 Å². The van der Waals surface area contributed by atoms with Crippen molar-refractivity contribution in [2.45, 2.75) is 6.42 Å². The molecule has 4 nitrogen and oxygen atoms in total. The van der Waals surface area contributed by atoms with E-state index in [9.17, 15) is 4.79 Å². The molecule has 2 aromatic carbocycles. The summed E-state index contributed by atoms with van der Waals surface area (Å²) < 4.78 is 13.0. The van der Waals surface area contributed by atoms with Crippen LogP contribution in [0.25, 0.3) is 6.08 Å². The Kier molecular flexibility index (Phi) is 5.58. The Hall–Kier alpha value is -1.79. The highest BCUT2D eigenvalue weighted by Crippen LogP contribution is 2.31. The quantitative estimate of drug-likeness (QED) is 0.664. The highest BCUT2D eigenvalue weighted by atomic mass is 79.9. The van der Waals surface area contributed by atoms with Gasteiger partial charge in [-0.15, -0.1) is 0 Å². The first-order chi connectivity index (χ1) is 11.6. The Morgan fingerprint density at radius 1 is 1.04 bits per heavy atom. The lowest BCUT2D eigenvalue weighted by molar-refractivity contribution is -0.111. The van der Waals surface area contributed by atoms with Gasteiger partial charge in [-0.1, -0.05) is 22.0 Å². The number of benzene rings is 2. The Bertz CT molecular complexity index is 790. The average molecular weight is 453 g/mol. The smallest absolute Gasteiger partial charge is 0.248 e. The number of hydrogen-bond acceptors (Lipinski definition) is 3. The van der Waals surface area contributed by atoms with Crippen LogP contribution in [-0.4, -0.2) is 19.1 Å². The molecule has 2 aromatic rings. The monoisotopic (exact) mass is 451 g/mol. The summed E-state index contributed by atoms with van der Waals surface area (Å²) in [5, 5.41) is 2.83. The summed E-state index contributed by atoms with van der Waals surface area (Å²) in [7, 11) is 0. The van der Waals surface area contributed by atoms with E-state index in [1.807, 2.05) is 36.4 Å². The first-order valence-corrected chi connectivity index (χ1v) is 9.04. The summed E-state index contributed by atoms with van der Waals surface area (Å²) in [4.78, 5) is 12.1. The topological polar surface area (TPSA) is 47.6 Å². The Morgan fingerprint density at radius 3 is 2.62 bits per heavy atom. The molecule has 1 heterocycles. The largest absolute Gasteiger partial charge is 0.490 e. The van der Waals surface area contributed by atoms with Crippen LogP contribution in [0.2, 0.25) is 0 Å². The molecule has 3 rings (SSSR count). The maximum Gasteiger partial charge on any atom is 0.248 e. The molecule has 0 unspecified atom stereocenters. The third-order valence-corrected chi connectivity index (χ3v) is 4.54. The Balaban J connectivity index is 1.69. The van der Waals surface area contributed by atoms with E-state index in [0.29, 0.717) is 24.7 Å². The number of nitrogens with one attached hydrogen (secondary N) is 1. The van der Waals surface area contributed by atoms with Gasteiger partial charge in [-0.3, -0.25) is 4.79 Å². The molecule has 0 aromatic heterocycles. The van der Waals surface area contributed by atoms with Crippen LogP contribution in [0.3, 0.4) is 0 Å². The lowest BCUT2D eigenvalue weighted by Crippen LogP contribution is -2.08. The summed E-state index contributed by atoms with van der Waals surface area (Å²) in [6.07, 6.45) is 4.11. The fourth-order valence-corrected chi connectivity index (χ4v) is 3.37. The average Bonchev–Trinajstić information content (AvgIpc) is 2.80. The third kappa shape index (κ3) is 4.39. The number of rotatable bonds is 3. The summed E-state index contributed by atoms with van der Waals surface area (Å²) in [6, 6.07) is 11.2. The van der Waals surface area contributed by atoms with Gasteiger partial charge in [-0.25, -0.2) is 0 Å². The van der Waals surface area contributed by atoms with Crippen molar-refractivity contribution in [2.75, 3.05) is 18.5 Å². The van der Waals surface area contributed by atoms with Gasteiger partial charge in [0.1, 0.15) is 0 Å². The zero-order valence-electron chi connectivity index (χ0n) is 12.7. The van der Waals surface area contributed by atoms with E-state index in [1.54, 1.807) is 6.08 Å². The Morgan fingerprint density at radius 2 is 1.83 bits per heavy atom. The molecule has 0 spiro atoms. The third-order valence-electron chi connectivity index (χ3n) is 3.39. The molecule has 0 saturated carbocycles. The van der Waals surface area contributed by atoms with Gasteiger partial charge < -0.3 is 14.8 Å². The van der Waals surface area contributed by atoms with Crippen molar-refractivity contribution in [3.8, 4) is 11.5 Å². The van der Waals surface area contributed by atoms with Crippen LogP contribution in [0.4, 0.5) is 5.69 Å². The molecule has 1 aliphatic heterocycles. The van der Waals surface area contributed by atoms with Crippen molar-refractivity contribution < 1.29 is 14.3 Å². The SMILES string of the molecule is O=C(/C=C/c1ccc2c(c1)OCCCO2)Nc1ccc(Br)cc1Br. The van der Waals surface area contributed by atoms with Crippen molar-refractivity contribution in [3.63, 3.8) is 0 Å². The van der Waals surface area contributed by atoms with E-state index >= 15 is 0 Å². The zero-order valence-corrected chi connectivity index (χ0v) is 15.9. The number of ether oxygens (including phenoxy) is 2. The number of hydrogen-bond donors (Lipinski definition) is 1. The fraction of sp³-hybridized carbons (Fsp3) is 0.167. The van der Waals surface area contributed by atoms with Gasteiger partial charge in [0.25, 0.3) is 0 Å². The Labute approximate surface area is 157 Å². The number of amides is 1. The predicted molar refractivity (Wildman–Crippen MR) is 102 cm³/mol. The molecular weight excluding hydrogens is 438 g/mol. The van der Waals surface area contributed by atoms with Crippen LogP contribution in [0.1, 0.15) is 12.0 Å². The number of carbonyl (C=O) groups is 1. The zero-order chi connectivity index (χ0) is 16.9. The highest BCUT2D eigenvalue weighted by Gasteiger charge is 2.10. The first-order valence-electron chi connectivity index (χ1n) is 7.45. The molecule has 1 N–H and O–H groups in total. The highest BCUT2D eigenvalue weighted by molar-refractivity contribution is 9.11. The molecule has 0 fully saturated rings. The van der Waals surface area contributed by atoms with Crippen LogP contribution in [0.5, 0.6) is 11.5 Å². The maximum absolute atomic E-state index is 12.1. The molecule has 0 aliphatic carbocycles. The van der Waals surface area contributed by atoms with E-state index in [4.69, 9.17) is 9.47 Å². The second kappa shape index (κ2) is 7.85. The van der Waals surface area contributed by atoms with Crippen LogP contribution in [0, 0.1) is 0 Å². The van der Waals surface area contributed by atoms with Gasteiger partial charge in [0.15, 0.2) is 11.5 Å². The number of carbonyl (C=O) groups excluding carboxylic acids is 1. The van der Waals surface area contributed by atoms with Crippen LogP contribution in [0.15, 0.2) is 51.4 Å². The standard InChI is InChI=1S/C18H15Br2NO3/c19-13-4-5-15(14(20)11-13)21-18(22)7-3-12-2-6-16-17(10-12)24-9-1-8-23-16/h2-7,10-11H,1,8-9H2,(H,21,22)/b7-3+. The molecule has 0 atom stereocenters. The van der Waals surface area contributed by atoms with Crippen molar-refractivity contribution in [1.82, 2.24) is 0 Å². The summed E-state index contributed by atoms with van der Waals surface area (Å²) in [5.41, 5.74) is 1.59. The normalized spacial score (nSPS) is 13.6. The van der Waals surface area contributed by atoms with Crippen LogP contribution < -0.4 is 14.8 Å². The van der Waals surface area contributed by atoms with E-state index < -0.39 is 0 Å². The number of fused-ring (bicyclic) bond motifs is 1.